The van der Waals surface area contributed by atoms with E-state index in [9.17, 15) is 14.9 Å². The number of aliphatic carboxylic acids is 1. The van der Waals surface area contributed by atoms with Gasteiger partial charge in [-0.15, -0.1) is 0 Å². The van der Waals surface area contributed by atoms with Crippen molar-refractivity contribution in [2.45, 2.75) is 26.3 Å². The molecule has 0 aliphatic heterocycles. The van der Waals surface area contributed by atoms with Gasteiger partial charge in [0.15, 0.2) is 0 Å². The first-order valence-corrected chi connectivity index (χ1v) is 5.44. The van der Waals surface area contributed by atoms with Crippen LogP contribution in [0.1, 0.15) is 19.2 Å². The Morgan fingerprint density at radius 3 is 2.61 bits per heavy atom. The number of hydrogen-bond donors (Lipinski definition) is 1. The molecule has 1 heterocycles. The molecule has 0 bridgehead atoms. The second-order valence-electron chi connectivity index (χ2n) is 4.00. The molecule has 0 spiro atoms. The van der Waals surface area contributed by atoms with Gasteiger partial charge < -0.3 is 20.1 Å². The fourth-order valence-corrected chi connectivity index (χ4v) is 1.86. The summed E-state index contributed by atoms with van der Waals surface area (Å²) < 4.78 is 1.52. The van der Waals surface area contributed by atoms with Gasteiger partial charge in [-0.05, 0) is 16.3 Å². The van der Waals surface area contributed by atoms with Crippen LogP contribution in [0.3, 0.4) is 0 Å². The van der Waals surface area contributed by atoms with E-state index >= 15 is 0 Å². The number of rotatable bonds is 5. The molecular weight excluding hydrogens is 240 g/mol. The average molecular weight is 256 g/mol. The first-order valence-electron chi connectivity index (χ1n) is 5.44. The van der Waals surface area contributed by atoms with Gasteiger partial charge in [-0.2, -0.15) is 0 Å². The van der Waals surface area contributed by atoms with Crippen molar-refractivity contribution in [1.82, 2.24) is 9.55 Å². The number of likely N-dealkylation sites (N-methyl/N-ethyl adjacent to an activating group) is 1. The average Bonchev–Trinajstić information content (AvgIpc) is 2.56. The van der Waals surface area contributed by atoms with E-state index in [4.69, 9.17) is 5.11 Å². The zero-order valence-corrected chi connectivity index (χ0v) is 10.7. The fourth-order valence-electron chi connectivity index (χ4n) is 1.86. The summed E-state index contributed by atoms with van der Waals surface area (Å²) in [5, 5.41) is 20.0. The number of nitro groups is 1. The summed E-state index contributed by atoms with van der Waals surface area (Å²) in [6.07, 6.45) is 0.340. The quantitative estimate of drug-likeness (QED) is 0.621. The second kappa shape index (κ2) is 5.03. The Morgan fingerprint density at radius 2 is 2.22 bits per heavy atom. The van der Waals surface area contributed by atoms with Crippen LogP contribution in [-0.4, -0.2) is 38.6 Å². The van der Waals surface area contributed by atoms with Crippen LogP contribution in [-0.2, 0) is 11.8 Å². The zero-order chi connectivity index (χ0) is 14.0. The Morgan fingerprint density at radius 1 is 1.67 bits per heavy atom. The number of hydrogen-bond acceptors (Lipinski definition) is 5. The number of carbonyl (C=O) groups is 1. The topological polar surface area (TPSA) is 102 Å². The Labute approximate surface area is 104 Å². The van der Waals surface area contributed by atoms with Gasteiger partial charge in [0, 0.05) is 21.0 Å². The van der Waals surface area contributed by atoms with Crippen molar-refractivity contribution in [3.63, 3.8) is 0 Å². The predicted octanol–water partition coefficient (Wildman–Crippen LogP) is 0.936. The second-order valence-corrected chi connectivity index (χ2v) is 4.00. The van der Waals surface area contributed by atoms with Crippen LogP contribution in [0.15, 0.2) is 0 Å². The highest BCUT2D eigenvalue weighted by atomic mass is 16.6. The van der Waals surface area contributed by atoms with E-state index < -0.39 is 16.9 Å². The first kappa shape index (κ1) is 13.9. The van der Waals surface area contributed by atoms with Crippen LogP contribution >= 0.6 is 0 Å². The van der Waals surface area contributed by atoms with E-state index in [2.05, 4.69) is 4.98 Å². The van der Waals surface area contributed by atoms with Gasteiger partial charge in [0.25, 0.3) is 0 Å². The van der Waals surface area contributed by atoms with E-state index in [-0.39, 0.29) is 11.6 Å². The molecule has 0 aliphatic carbocycles. The van der Waals surface area contributed by atoms with Crippen molar-refractivity contribution in [3.8, 4) is 0 Å². The molecule has 0 radical (unpaired) electrons. The van der Waals surface area contributed by atoms with Crippen molar-refractivity contribution in [3.05, 3.63) is 15.9 Å². The van der Waals surface area contributed by atoms with Crippen molar-refractivity contribution >= 4 is 17.6 Å². The lowest BCUT2D eigenvalue weighted by molar-refractivity contribution is -0.388. The summed E-state index contributed by atoms with van der Waals surface area (Å²) in [6.45, 7) is 3.34. The first-order chi connectivity index (χ1) is 8.31. The molecule has 1 atom stereocenters. The molecule has 1 aromatic rings. The Balaban J connectivity index is 3.31. The largest absolute Gasteiger partial charge is 0.480 e. The SMILES string of the molecule is CCC(C(=O)O)N(C)c1c([N+](=O)[O-])nc(C)n1C. The summed E-state index contributed by atoms with van der Waals surface area (Å²) in [4.78, 5) is 26.6. The van der Waals surface area contributed by atoms with E-state index in [1.807, 2.05) is 0 Å². The fraction of sp³-hybridized carbons (Fsp3) is 0.600. The van der Waals surface area contributed by atoms with Crippen LogP contribution in [0, 0.1) is 17.0 Å². The molecule has 1 aromatic heterocycles. The molecule has 1 unspecified atom stereocenters. The van der Waals surface area contributed by atoms with Gasteiger partial charge in [0.2, 0.25) is 11.6 Å². The summed E-state index contributed by atoms with van der Waals surface area (Å²) >= 11 is 0. The molecule has 18 heavy (non-hydrogen) atoms. The molecule has 8 nitrogen and oxygen atoms in total. The van der Waals surface area contributed by atoms with Gasteiger partial charge in [-0.3, -0.25) is 4.57 Å². The van der Waals surface area contributed by atoms with E-state index in [1.165, 1.54) is 16.5 Å². The number of aryl methyl sites for hydroxylation is 1. The molecule has 100 valence electrons. The lowest BCUT2D eigenvalue weighted by Crippen LogP contribution is -2.39. The molecule has 0 saturated carbocycles. The number of anilines is 1. The third-order valence-electron chi connectivity index (χ3n) is 2.92. The highest BCUT2D eigenvalue weighted by Gasteiger charge is 2.32. The number of nitrogens with zero attached hydrogens (tertiary/aromatic N) is 4. The Kier molecular flexibility index (Phi) is 3.89. The minimum atomic E-state index is -1.02. The van der Waals surface area contributed by atoms with Crippen molar-refractivity contribution in [1.29, 1.82) is 0 Å². The summed E-state index contributed by atoms with van der Waals surface area (Å²) in [6, 6.07) is -0.821. The van der Waals surface area contributed by atoms with Crippen LogP contribution in [0.5, 0.6) is 0 Å². The van der Waals surface area contributed by atoms with E-state index in [0.717, 1.165) is 0 Å². The molecular formula is C10H16N4O4. The van der Waals surface area contributed by atoms with Crippen molar-refractivity contribution in [2.24, 2.45) is 7.05 Å². The summed E-state index contributed by atoms with van der Waals surface area (Å²) in [5.41, 5.74) is 0. The molecule has 0 aromatic carbocycles. The molecule has 1 N–H and O–H groups in total. The number of carboxylic acids is 1. The maximum atomic E-state index is 11.1. The number of imidazole rings is 1. The standard InChI is InChI=1S/C10H16N4O4/c1-5-7(10(15)16)13(4)9-8(14(17)18)11-6(2)12(9)3/h7H,5H2,1-4H3,(H,15,16). The van der Waals surface area contributed by atoms with E-state index in [1.54, 1.807) is 20.9 Å². The monoisotopic (exact) mass is 256 g/mol. The molecule has 8 heteroatoms. The summed E-state index contributed by atoms with van der Waals surface area (Å²) in [5.74, 6) is -0.680. The minimum absolute atomic E-state index is 0.201. The lowest BCUT2D eigenvalue weighted by atomic mass is 10.2. The maximum Gasteiger partial charge on any atom is 0.406 e. The van der Waals surface area contributed by atoms with Gasteiger partial charge in [-0.25, -0.2) is 4.79 Å². The van der Waals surface area contributed by atoms with E-state index in [0.29, 0.717) is 12.2 Å². The van der Waals surface area contributed by atoms with Crippen LogP contribution < -0.4 is 4.90 Å². The summed E-state index contributed by atoms with van der Waals surface area (Å²) in [7, 11) is 3.14. The van der Waals surface area contributed by atoms with Crippen LogP contribution in [0.4, 0.5) is 11.6 Å². The third-order valence-corrected chi connectivity index (χ3v) is 2.92. The third kappa shape index (κ3) is 2.27. The lowest BCUT2D eigenvalue weighted by Gasteiger charge is -2.24. The Hall–Kier alpha value is -2.12. The normalized spacial score (nSPS) is 12.2. The van der Waals surface area contributed by atoms with Gasteiger partial charge in [0.05, 0.1) is 0 Å². The molecule has 0 amide bonds. The van der Waals surface area contributed by atoms with Crippen LogP contribution in [0.2, 0.25) is 0 Å². The van der Waals surface area contributed by atoms with Gasteiger partial charge in [0.1, 0.15) is 6.04 Å². The van der Waals surface area contributed by atoms with Gasteiger partial charge >= 0.3 is 11.8 Å². The van der Waals surface area contributed by atoms with Crippen molar-refractivity contribution in [2.75, 3.05) is 11.9 Å². The van der Waals surface area contributed by atoms with Crippen molar-refractivity contribution < 1.29 is 14.8 Å². The molecule has 0 fully saturated rings. The molecule has 0 saturated heterocycles. The number of aromatic nitrogens is 2. The zero-order valence-electron chi connectivity index (χ0n) is 10.7. The predicted molar refractivity (Wildman–Crippen MR) is 64.7 cm³/mol. The maximum absolute atomic E-state index is 11.1. The smallest absolute Gasteiger partial charge is 0.406 e. The molecule has 1 rings (SSSR count). The number of carboxylic acid groups (broad SMARTS) is 1. The Bertz CT molecular complexity index is 482. The highest BCUT2D eigenvalue weighted by Crippen LogP contribution is 2.28. The molecule has 0 aliphatic rings. The highest BCUT2D eigenvalue weighted by molar-refractivity contribution is 5.78. The van der Waals surface area contributed by atoms with Gasteiger partial charge in [-0.1, -0.05) is 6.92 Å². The minimum Gasteiger partial charge on any atom is -0.480 e. The van der Waals surface area contributed by atoms with Crippen LogP contribution in [0.25, 0.3) is 0 Å².